The van der Waals surface area contributed by atoms with Crippen LogP contribution in [0.25, 0.3) is 11.2 Å². The highest BCUT2D eigenvalue weighted by molar-refractivity contribution is 9.10. The normalized spacial score (nSPS) is 11.8. The highest BCUT2D eigenvalue weighted by Crippen LogP contribution is 2.23. The molecule has 0 aliphatic heterocycles. The number of benzene rings is 2. The van der Waals surface area contributed by atoms with Crippen molar-refractivity contribution in [1.82, 2.24) is 18.7 Å². The molecule has 36 heavy (non-hydrogen) atoms. The van der Waals surface area contributed by atoms with E-state index in [1.807, 2.05) is 53.1 Å². The van der Waals surface area contributed by atoms with E-state index in [1.165, 1.54) is 11.6 Å². The summed E-state index contributed by atoms with van der Waals surface area (Å²) in [5.41, 5.74) is 1.85. The molecule has 0 aliphatic rings. The molecule has 186 valence electrons. The van der Waals surface area contributed by atoms with Gasteiger partial charge in [-0.15, -0.1) is 0 Å². The summed E-state index contributed by atoms with van der Waals surface area (Å²) in [5, 5.41) is 12.8. The first kappa shape index (κ1) is 25.3. The number of hydrogen-bond donors (Lipinski definition) is 1. The molecule has 0 spiro atoms. The molecule has 1 unspecified atom stereocenters. The van der Waals surface area contributed by atoms with Gasteiger partial charge >= 0.3 is 5.69 Å². The van der Waals surface area contributed by atoms with Crippen molar-refractivity contribution in [3.05, 3.63) is 85.7 Å². The van der Waals surface area contributed by atoms with E-state index in [-0.39, 0.29) is 11.2 Å². The number of fused-ring (bicyclic) bond motifs is 1. The Bertz CT molecular complexity index is 1500. The number of imidazole rings is 1. The zero-order valence-corrected chi connectivity index (χ0v) is 21.7. The average Bonchev–Trinajstić information content (AvgIpc) is 3.32. The summed E-state index contributed by atoms with van der Waals surface area (Å²) in [7, 11) is 3.11. The second kappa shape index (κ2) is 11.3. The lowest BCUT2D eigenvalue weighted by Crippen LogP contribution is -2.37. The lowest BCUT2D eigenvalue weighted by Gasteiger charge is -2.14. The molecule has 2 aromatic heterocycles. The molecule has 2 aromatic carbocycles. The van der Waals surface area contributed by atoms with Gasteiger partial charge in [0.2, 0.25) is 0 Å². The molecule has 0 radical (unpaired) electrons. The van der Waals surface area contributed by atoms with Crippen LogP contribution in [0.15, 0.2) is 68.9 Å². The third kappa shape index (κ3) is 5.52. The van der Waals surface area contributed by atoms with Crippen molar-refractivity contribution in [3.8, 4) is 11.8 Å². The highest BCUT2D eigenvalue weighted by Gasteiger charge is 2.14. The zero-order valence-electron chi connectivity index (χ0n) is 20.1. The third-order valence-electron chi connectivity index (χ3n) is 6.02. The van der Waals surface area contributed by atoms with Crippen LogP contribution >= 0.6 is 15.9 Å². The Balaban J connectivity index is 1.24. The fourth-order valence-corrected chi connectivity index (χ4v) is 4.28. The maximum absolute atomic E-state index is 12.3. The van der Waals surface area contributed by atoms with E-state index < -0.39 is 6.04 Å². The summed E-state index contributed by atoms with van der Waals surface area (Å²) in [4.78, 5) is 28.7. The Morgan fingerprint density at radius 1 is 1.03 bits per heavy atom. The van der Waals surface area contributed by atoms with Crippen LogP contribution in [-0.2, 0) is 20.6 Å². The number of nitrogens with one attached hydrogen (secondary N) is 1. The summed E-state index contributed by atoms with van der Waals surface area (Å²) in [6.45, 7) is 1.23. The number of ether oxygens (including phenoxy) is 1. The van der Waals surface area contributed by atoms with Crippen molar-refractivity contribution in [2.45, 2.75) is 31.8 Å². The number of nitrogens with zero attached hydrogens (tertiary/aromatic N) is 5. The number of halogens is 1. The molecule has 2 heterocycles. The Hall–Kier alpha value is -3.84. The maximum atomic E-state index is 12.3. The van der Waals surface area contributed by atoms with Crippen molar-refractivity contribution in [2.24, 2.45) is 14.1 Å². The Morgan fingerprint density at radius 2 is 1.75 bits per heavy atom. The van der Waals surface area contributed by atoms with E-state index in [4.69, 9.17) is 4.74 Å². The van der Waals surface area contributed by atoms with Gasteiger partial charge in [-0.05, 0) is 61.2 Å². The zero-order chi connectivity index (χ0) is 25.7. The standard InChI is InChI=1S/C26H27BrN6O3/c1-31-24-23(25(34)32(2)26(31)35)29-17-33(24)14-4-3-5-15-36-21-12-6-18(7-13-21)22(16-28)30-20-10-8-19(27)9-11-20/h6-13,17,22,30H,3-5,14-15H2,1-2H3. The number of aromatic nitrogens is 4. The van der Waals surface area contributed by atoms with E-state index in [2.05, 4.69) is 32.3 Å². The van der Waals surface area contributed by atoms with Crippen molar-refractivity contribution >= 4 is 32.8 Å². The van der Waals surface area contributed by atoms with Crippen molar-refractivity contribution < 1.29 is 4.74 Å². The van der Waals surface area contributed by atoms with Gasteiger partial charge in [0.1, 0.15) is 17.4 Å². The van der Waals surface area contributed by atoms with E-state index in [1.54, 1.807) is 13.4 Å². The number of rotatable bonds is 10. The van der Waals surface area contributed by atoms with Crippen LogP contribution in [0.3, 0.4) is 0 Å². The van der Waals surface area contributed by atoms with E-state index in [0.717, 1.165) is 45.3 Å². The largest absolute Gasteiger partial charge is 0.494 e. The van der Waals surface area contributed by atoms with E-state index in [0.29, 0.717) is 24.3 Å². The van der Waals surface area contributed by atoms with Gasteiger partial charge in [0.15, 0.2) is 5.52 Å². The predicted molar refractivity (Wildman–Crippen MR) is 142 cm³/mol. The van der Waals surface area contributed by atoms with Crippen LogP contribution in [0.4, 0.5) is 5.69 Å². The van der Waals surface area contributed by atoms with Gasteiger partial charge in [0, 0.05) is 30.8 Å². The molecule has 4 aromatic rings. The minimum Gasteiger partial charge on any atom is -0.494 e. The lowest BCUT2D eigenvalue weighted by atomic mass is 10.1. The number of hydrogen-bond acceptors (Lipinski definition) is 6. The minimum atomic E-state index is -0.459. The fourth-order valence-electron chi connectivity index (χ4n) is 4.01. The number of anilines is 1. The lowest BCUT2D eigenvalue weighted by molar-refractivity contribution is 0.304. The number of nitriles is 1. The van der Waals surface area contributed by atoms with Crippen molar-refractivity contribution in [2.75, 3.05) is 11.9 Å². The van der Waals surface area contributed by atoms with Crippen LogP contribution in [0.2, 0.25) is 0 Å². The van der Waals surface area contributed by atoms with Crippen molar-refractivity contribution in [3.63, 3.8) is 0 Å². The van der Waals surface area contributed by atoms with Gasteiger partial charge in [-0.1, -0.05) is 28.1 Å². The molecule has 0 saturated carbocycles. The SMILES string of the molecule is Cn1c(=O)c2ncn(CCCCCOc3ccc(C(C#N)Nc4ccc(Br)cc4)cc3)c2n(C)c1=O. The molecular weight excluding hydrogens is 524 g/mol. The van der Waals surface area contributed by atoms with Crippen LogP contribution < -0.4 is 21.3 Å². The third-order valence-corrected chi connectivity index (χ3v) is 6.55. The van der Waals surface area contributed by atoms with Gasteiger partial charge in [-0.2, -0.15) is 5.26 Å². The first-order chi connectivity index (χ1) is 17.4. The molecule has 9 nitrogen and oxygen atoms in total. The molecular formula is C26H27BrN6O3. The Morgan fingerprint density at radius 3 is 2.44 bits per heavy atom. The minimum absolute atomic E-state index is 0.303. The number of aryl methyl sites for hydroxylation is 2. The molecule has 0 saturated heterocycles. The van der Waals surface area contributed by atoms with Crippen LogP contribution in [0, 0.1) is 11.3 Å². The smallest absolute Gasteiger partial charge is 0.332 e. The molecule has 10 heteroatoms. The summed E-state index contributed by atoms with van der Waals surface area (Å²) >= 11 is 3.41. The molecule has 1 N–H and O–H groups in total. The second-order valence-corrected chi connectivity index (χ2v) is 9.42. The van der Waals surface area contributed by atoms with Gasteiger partial charge in [-0.25, -0.2) is 9.78 Å². The molecule has 0 amide bonds. The highest BCUT2D eigenvalue weighted by atomic mass is 79.9. The Labute approximate surface area is 216 Å². The Kier molecular flexibility index (Phi) is 7.90. The monoisotopic (exact) mass is 550 g/mol. The van der Waals surface area contributed by atoms with Crippen LogP contribution in [0.5, 0.6) is 5.75 Å². The van der Waals surface area contributed by atoms with Crippen LogP contribution in [-0.4, -0.2) is 25.3 Å². The molecule has 0 fully saturated rings. The summed E-state index contributed by atoms with van der Waals surface area (Å²) in [5.74, 6) is 0.755. The van der Waals surface area contributed by atoms with Gasteiger partial charge in [0.25, 0.3) is 5.56 Å². The van der Waals surface area contributed by atoms with Crippen LogP contribution in [0.1, 0.15) is 30.9 Å². The summed E-state index contributed by atoms with van der Waals surface area (Å²) in [6.07, 6.45) is 4.26. The molecule has 0 aliphatic carbocycles. The van der Waals surface area contributed by atoms with Gasteiger partial charge < -0.3 is 14.6 Å². The molecule has 0 bridgehead atoms. The summed E-state index contributed by atoms with van der Waals surface area (Å²) < 4.78 is 11.2. The number of unbranched alkanes of at least 4 members (excludes halogenated alkanes) is 2. The topological polar surface area (TPSA) is 107 Å². The predicted octanol–water partition coefficient (Wildman–Crippen LogP) is 4.12. The summed E-state index contributed by atoms with van der Waals surface area (Å²) in [6, 6.07) is 17.1. The maximum Gasteiger partial charge on any atom is 0.332 e. The first-order valence-corrected chi connectivity index (χ1v) is 12.4. The molecule has 1 atom stereocenters. The van der Waals surface area contributed by atoms with E-state index >= 15 is 0 Å². The molecule has 4 rings (SSSR count). The quantitative estimate of drug-likeness (QED) is 0.297. The van der Waals surface area contributed by atoms with E-state index in [9.17, 15) is 14.9 Å². The van der Waals surface area contributed by atoms with Gasteiger partial charge in [-0.3, -0.25) is 13.9 Å². The van der Waals surface area contributed by atoms with Crippen molar-refractivity contribution in [1.29, 1.82) is 5.26 Å². The second-order valence-electron chi connectivity index (χ2n) is 8.51. The fraction of sp³-hybridized carbons (Fsp3) is 0.308. The van der Waals surface area contributed by atoms with Gasteiger partial charge in [0.05, 0.1) is 19.0 Å². The first-order valence-electron chi connectivity index (χ1n) is 11.6. The average molecular weight is 551 g/mol.